The SMILES string of the molecule is C=CCCOc1ccc(C2CCC(C#Cc3ccc(C)c(F)c3F)CC2)c(F)c1F. The highest BCUT2D eigenvalue weighted by Gasteiger charge is 2.26. The molecule has 0 saturated heterocycles. The molecule has 1 aliphatic rings. The first kappa shape index (κ1) is 22.0. The summed E-state index contributed by atoms with van der Waals surface area (Å²) in [5.41, 5.74) is 0.631. The lowest BCUT2D eigenvalue weighted by Gasteiger charge is -2.26. The van der Waals surface area contributed by atoms with Crippen LogP contribution in [0.3, 0.4) is 0 Å². The molecule has 1 saturated carbocycles. The summed E-state index contributed by atoms with van der Waals surface area (Å²) in [6.45, 7) is 5.31. The molecule has 0 amide bonds. The van der Waals surface area contributed by atoms with Gasteiger partial charge in [0, 0.05) is 5.92 Å². The van der Waals surface area contributed by atoms with Crippen molar-refractivity contribution in [3.63, 3.8) is 0 Å². The summed E-state index contributed by atoms with van der Waals surface area (Å²) >= 11 is 0. The molecule has 0 heterocycles. The minimum atomic E-state index is -0.963. The molecule has 0 bridgehead atoms. The minimum absolute atomic E-state index is 0.0134. The first-order valence-electron chi connectivity index (χ1n) is 10.1. The Morgan fingerprint density at radius 3 is 2.40 bits per heavy atom. The molecule has 0 aliphatic heterocycles. The monoisotopic (exact) mass is 416 g/mol. The van der Waals surface area contributed by atoms with Crippen LogP contribution in [0.2, 0.25) is 0 Å². The maximum absolute atomic E-state index is 14.6. The van der Waals surface area contributed by atoms with Gasteiger partial charge in [0.25, 0.3) is 0 Å². The molecule has 0 radical (unpaired) electrons. The van der Waals surface area contributed by atoms with Gasteiger partial charge in [-0.15, -0.1) is 6.58 Å². The van der Waals surface area contributed by atoms with Gasteiger partial charge in [-0.05, 0) is 68.2 Å². The van der Waals surface area contributed by atoms with Crippen molar-refractivity contribution in [3.05, 3.63) is 76.9 Å². The molecule has 2 aromatic rings. The van der Waals surface area contributed by atoms with Gasteiger partial charge in [-0.1, -0.05) is 30.0 Å². The average molecular weight is 416 g/mol. The summed E-state index contributed by atoms with van der Waals surface area (Å²) < 4.78 is 61.7. The topological polar surface area (TPSA) is 9.23 Å². The van der Waals surface area contributed by atoms with Gasteiger partial charge < -0.3 is 4.74 Å². The van der Waals surface area contributed by atoms with Gasteiger partial charge in [0.2, 0.25) is 5.82 Å². The van der Waals surface area contributed by atoms with Crippen molar-refractivity contribution in [2.24, 2.45) is 5.92 Å². The molecule has 30 heavy (non-hydrogen) atoms. The average Bonchev–Trinajstić information content (AvgIpc) is 2.75. The fourth-order valence-corrected chi connectivity index (χ4v) is 3.70. The Hall–Kier alpha value is -2.74. The predicted octanol–water partition coefficient (Wildman–Crippen LogP) is 6.83. The Kier molecular flexibility index (Phi) is 7.20. The van der Waals surface area contributed by atoms with Crippen molar-refractivity contribution >= 4 is 0 Å². The smallest absolute Gasteiger partial charge is 0.200 e. The van der Waals surface area contributed by atoms with Crippen molar-refractivity contribution < 1.29 is 22.3 Å². The van der Waals surface area contributed by atoms with E-state index in [4.69, 9.17) is 4.74 Å². The number of hydrogen-bond acceptors (Lipinski definition) is 1. The molecular formula is C25H24F4O. The van der Waals surface area contributed by atoms with Crippen molar-refractivity contribution in [2.75, 3.05) is 6.61 Å². The molecule has 0 aromatic heterocycles. The third-order valence-electron chi connectivity index (χ3n) is 5.51. The van der Waals surface area contributed by atoms with Crippen molar-refractivity contribution in [3.8, 4) is 17.6 Å². The molecule has 5 heteroatoms. The highest BCUT2D eigenvalue weighted by molar-refractivity contribution is 5.39. The van der Waals surface area contributed by atoms with Crippen molar-refractivity contribution in [2.45, 2.75) is 44.9 Å². The summed E-state index contributed by atoms with van der Waals surface area (Å²) in [6.07, 6.45) is 4.87. The second kappa shape index (κ2) is 9.84. The maximum Gasteiger partial charge on any atom is 0.200 e. The molecule has 2 aromatic carbocycles. The number of aryl methyl sites for hydroxylation is 1. The summed E-state index contributed by atoms with van der Waals surface area (Å²) in [5, 5.41) is 0. The normalized spacial score (nSPS) is 18.4. The van der Waals surface area contributed by atoms with Crippen LogP contribution in [-0.2, 0) is 0 Å². The van der Waals surface area contributed by atoms with E-state index in [0.717, 1.165) is 0 Å². The van der Waals surface area contributed by atoms with Crippen LogP contribution in [0, 0.1) is 48.0 Å². The lowest BCUT2D eigenvalue weighted by Crippen LogP contribution is -2.14. The van der Waals surface area contributed by atoms with Crippen LogP contribution in [-0.4, -0.2) is 6.61 Å². The zero-order valence-corrected chi connectivity index (χ0v) is 16.9. The van der Waals surface area contributed by atoms with E-state index >= 15 is 0 Å². The third-order valence-corrected chi connectivity index (χ3v) is 5.51. The van der Waals surface area contributed by atoms with Gasteiger partial charge >= 0.3 is 0 Å². The highest BCUT2D eigenvalue weighted by atomic mass is 19.2. The van der Waals surface area contributed by atoms with Crippen LogP contribution < -0.4 is 4.74 Å². The van der Waals surface area contributed by atoms with Gasteiger partial charge in [0.05, 0.1) is 12.2 Å². The van der Waals surface area contributed by atoms with E-state index in [0.29, 0.717) is 37.7 Å². The molecule has 0 spiro atoms. The number of halogens is 4. The molecule has 1 fully saturated rings. The van der Waals surface area contributed by atoms with Crippen LogP contribution in [0.25, 0.3) is 0 Å². The summed E-state index contributed by atoms with van der Waals surface area (Å²) in [7, 11) is 0. The second-order valence-electron chi connectivity index (χ2n) is 7.58. The van der Waals surface area contributed by atoms with Crippen LogP contribution in [0.1, 0.15) is 54.7 Å². The van der Waals surface area contributed by atoms with E-state index in [1.165, 1.54) is 25.1 Å². The molecule has 0 atom stereocenters. The van der Waals surface area contributed by atoms with Crippen molar-refractivity contribution in [1.82, 2.24) is 0 Å². The fraction of sp³-hybridized carbons (Fsp3) is 0.360. The molecule has 0 N–H and O–H groups in total. The van der Waals surface area contributed by atoms with Crippen LogP contribution in [0.15, 0.2) is 36.9 Å². The maximum atomic E-state index is 14.6. The highest BCUT2D eigenvalue weighted by Crippen LogP contribution is 2.38. The summed E-state index contributed by atoms with van der Waals surface area (Å²) in [5.74, 6) is 1.93. The first-order valence-corrected chi connectivity index (χ1v) is 10.1. The number of ether oxygens (including phenoxy) is 1. The largest absolute Gasteiger partial charge is 0.490 e. The minimum Gasteiger partial charge on any atom is -0.490 e. The lowest BCUT2D eigenvalue weighted by molar-refractivity contribution is 0.298. The van der Waals surface area contributed by atoms with E-state index in [9.17, 15) is 17.6 Å². The molecule has 1 aliphatic carbocycles. The van der Waals surface area contributed by atoms with E-state index < -0.39 is 23.3 Å². The number of benzene rings is 2. The van der Waals surface area contributed by atoms with Crippen LogP contribution in [0.5, 0.6) is 5.75 Å². The number of rotatable bonds is 5. The van der Waals surface area contributed by atoms with Gasteiger partial charge in [-0.2, -0.15) is 4.39 Å². The Morgan fingerprint density at radius 1 is 0.967 bits per heavy atom. The van der Waals surface area contributed by atoms with Gasteiger partial charge in [-0.3, -0.25) is 0 Å². The molecule has 1 nitrogen and oxygen atoms in total. The van der Waals surface area contributed by atoms with E-state index in [1.807, 2.05) is 0 Å². The van der Waals surface area contributed by atoms with Gasteiger partial charge in [-0.25, -0.2) is 13.2 Å². The Labute approximate surface area is 174 Å². The first-order chi connectivity index (χ1) is 14.4. The van der Waals surface area contributed by atoms with Crippen LogP contribution in [0.4, 0.5) is 17.6 Å². The Bertz CT molecular complexity index is 979. The summed E-state index contributed by atoms with van der Waals surface area (Å²) in [6, 6.07) is 6.03. The number of hydrogen-bond donors (Lipinski definition) is 0. The second-order valence-corrected chi connectivity index (χ2v) is 7.58. The third kappa shape index (κ3) is 4.87. The van der Waals surface area contributed by atoms with Gasteiger partial charge in [0.15, 0.2) is 23.2 Å². The zero-order chi connectivity index (χ0) is 21.7. The van der Waals surface area contributed by atoms with Crippen LogP contribution >= 0.6 is 0 Å². The van der Waals surface area contributed by atoms with Gasteiger partial charge in [0.1, 0.15) is 0 Å². The predicted molar refractivity (Wildman–Crippen MR) is 109 cm³/mol. The van der Waals surface area contributed by atoms with E-state index in [-0.39, 0.29) is 35.3 Å². The Balaban J connectivity index is 1.64. The molecule has 3 rings (SSSR count). The zero-order valence-electron chi connectivity index (χ0n) is 16.9. The Morgan fingerprint density at radius 2 is 1.70 bits per heavy atom. The molecular weight excluding hydrogens is 392 g/mol. The quantitative estimate of drug-likeness (QED) is 0.225. The lowest BCUT2D eigenvalue weighted by atomic mass is 9.78. The standard InChI is InChI=1S/C25H24F4O/c1-3-4-15-30-21-14-13-20(24(28)25(21)29)18-10-6-17(7-11-18)8-12-19-9-5-16(2)22(26)23(19)27/h3,5,9,13-14,17-18H,1,4,6-7,10-11,15H2,2H3. The van der Waals surface area contributed by atoms with Crippen molar-refractivity contribution in [1.29, 1.82) is 0 Å². The van der Waals surface area contributed by atoms with E-state index in [1.54, 1.807) is 12.1 Å². The molecule has 158 valence electrons. The molecule has 0 unspecified atom stereocenters. The summed E-state index contributed by atoms with van der Waals surface area (Å²) in [4.78, 5) is 0. The van der Waals surface area contributed by atoms with E-state index in [2.05, 4.69) is 18.4 Å². The fourth-order valence-electron chi connectivity index (χ4n) is 3.70.